The maximum absolute atomic E-state index is 4.74. The molecule has 4 rings (SSSR count). The molecular weight excluding hydrogens is 378 g/mol. The van der Waals surface area contributed by atoms with Crippen LogP contribution < -0.4 is 9.47 Å². The molecule has 0 saturated carbocycles. The Morgan fingerprint density at radius 3 is 2.14 bits per heavy atom. The highest BCUT2D eigenvalue weighted by Gasteiger charge is 2.09. The van der Waals surface area contributed by atoms with Crippen molar-refractivity contribution in [3.8, 4) is 10.6 Å². The van der Waals surface area contributed by atoms with Crippen LogP contribution in [-0.2, 0) is 7.05 Å². The summed E-state index contributed by atoms with van der Waals surface area (Å²) >= 11 is 1.70. The maximum atomic E-state index is 4.74. The molecule has 0 radical (unpaired) electrons. The van der Waals surface area contributed by atoms with Gasteiger partial charge in [-0.05, 0) is 62.4 Å². The molecule has 0 N–H and O–H groups in total. The van der Waals surface area contributed by atoms with Crippen LogP contribution in [0.5, 0.6) is 0 Å². The number of rotatable bonds is 6. The fraction of sp³-hybridized carbons (Fsp3) is 0.217. The molecule has 0 aliphatic rings. The number of fused-ring (bicyclic) bond motifs is 1. The van der Waals surface area contributed by atoms with Crippen LogP contribution in [0.15, 0.2) is 77.2 Å². The standard InChI is InChI=1S/C23H24N5S/c1-4-28(5-2)20-12-10-19(11-13-20)26-25-18-8-6-17(7-9-18)23-24-21-16-27(3)15-14-22(21)29-23/h6-16H,4-5H2,1-3H3/q+1. The molecule has 0 aliphatic heterocycles. The molecule has 5 nitrogen and oxygen atoms in total. The summed E-state index contributed by atoms with van der Waals surface area (Å²) in [5.74, 6) is 0. The Morgan fingerprint density at radius 1 is 0.897 bits per heavy atom. The third kappa shape index (κ3) is 4.32. The number of aryl methyl sites for hydroxylation is 1. The van der Waals surface area contributed by atoms with Crippen molar-refractivity contribution in [3.05, 3.63) is 67.0 Å². The van der Waals surface area contributed by atoms with Gasteiger partial charge in [-0.3, -0.25) is 0 Å². The zero-order valence-electron chi connectivity index (χ0n) is 16.9. The molecule has 0 atom stereocenters. The van der Waals surface area contributed by atoms with Crippen LogP contribution in [0.3, 0.4) is 0 Å². The Balaban J connectivity index is 1.48. The Hall–Kier alpha value is -3.12. The molecule has 29 heavy (non-hydrogen) atoms. The average Bonchev–Trinajstić information content (AvgIpc) is 3.17. The van der Waals surface area contributed by atoms with Crippen LogP contribution in [0.4, 0.5) is 17.1 Å². The zero-order chi connectivity index (χ0) is 20.2. The molecule has 0 aliphatic carbocycles. The molecule has 0 unspecified atom stereocenters. The van der Waals surface area contributed by atoms with E-state index in [9.17, 15) is 0 Å². The molecule has 0 saturated heterocycles. The van der Waals surface area contributed by atoms with E-state index in [0.717, 1.165) is 40.6 Å². The van der Waals surface area contributed by atoms with Crippen LogP contribution in [0.2, 0.25) is 0 Å². The number of pyridine rings is 1. The summed E-state index contributed by atoms with van der Waals surface area (Å²) in [6.45, 7) is 6.32. The normalized spacial score (nSPS) is 11.4. The second kappa shape index (κ2) is 8.49. The van der Waals surface area contributed by atoms with Gasteiger partial charge >= 0.3 is 0 Å². The maximum Gasteiger partial charge on any atom is 0.195 e. The number of hydrogen-bond donors (Lipinski definition) is 0. The largest absolute Gasteiger partial charge is 0.372 e. The van der Waals surface area contributed by atoms with Crippen molar-refractivity contribution in [2.45, 2.75) is 13.8 Å². The topological polar surface area (TPSA) is 44.7 Å². The van der Waals surface area contributed by atoms with E-state index in [4.69, 9.17) is 4.98 Å². The van der Waals surface area contributed by atoms with E-state index in [1.165, 1.54) is 10.4 Å². The SMILES string of the molecule is CCN(CC)c1ccc(N=Nc2ccc(-c3nc4c[n+](C)ccc4s3)cc2)cc1. The third-order valence-electron chi connectivity index (χ3n) is 4.84. The monoisotopic (exact) mass is 402 g/mol. The van der Waals surface area contributed by atoms with Crippen LogP contribution in [0, 0.1) is 0 Å². The smallest absolute Gasteiger partial charge is 0.195 e. The summed E-state index contributed by atoms with van der Waals surface area (Å²) in [5.41, 5.74) is 5.00. The minimum Gasteiger partial charge on any atom is -0.372 e. The molecular formula is C23H24N5S+. The van der Waals surface area contributed by atoms with E-state index in [1.54, 1.807) is 11.3 Å². The predicted octanol–water partition coefficient (Wildman–Crippen LogP) is 6.05. The molecule has 4 aromatic rings. The lowest BCUT2D eigenvalue weighted by Gasteiger charge is -2.20. The highest BCUT2D eigenvalue weighted by atomic mass is 32.1. The van der Waals surface area contributed by atoms with Crippen molar-refractivity contribution in [3.63, 3.8) is 0 Å². The molecule has 146 valence electrons. The Kier molecular flexibility index (Phi) is 5.62. The molecule has 2 heterocycles. The van der Waals surface area contributed by atoms with Crippen molar-refractivity contribution < 1.29 is 4.57 Å². The quantitative estimate of drug-likeness (QED) is 0.291. The summed E-state index contributed by atoms with van der Waals surface area (Å²) in [6, 6.07) is 18.4. The number of hydrogen-bond acceptors (Lipinski definition) is 5. The van der Waals surface area contributed by atoms with Gasteiger partial charge in [0.1, 0.15) is 17.6 Å². The molecule has 2 aromatic heterocycles. The first-order chi connectivity index (χ1) is 14.2. The Labute approximate surface area is 175 Å². The van der Waals surface area contributed by atoms with E-state index in [2.05, 4.69) is 59.3 Å². The van der Waals surface area contributed by atoms with Crippen molar-refractivity contribution >= 4 is 38.6 Å². The Morgan fingerprint density at radius 2 is 1.52 bits per heavy atom. The van der Waals surface area contributed by atoms with E-state index < -0.39 is 0 Å². The number of azo groups is 1. The summed E-state index contributed by atoms with van der Waals surface area (Å²) in [6.07, 6.45) is 4.09. The first kappa shape index (κ1) is 19.2. The molecule has 0 fully saturated rings. The van der Waals surface area contributed by atoms with Gasteiger partial charge in [0.15, 0.2) is 12.4 Å². The van der Waals surface area contributed by atoms with Crippen molar-refractivity contribution in [2.75, 3.05) is 18.0 Å². The van der Waals surface area contributed by atoms with Crippen LogP contribution in [0.25, 0.3) is 20.8 Å². The minimum absolute atomic E-state index is 0.828. The molecule has 2 aromatic carbocycles. The van der Waals surface area contributed by atoms with Crippen LogP contribution in [0.1, 0.15) is 13.8 Å². The predicted molar refractivity (Wildman–Crippen MR) is 120 cm³/mol. The van der Waals surface area contributed by atoms with Crippen molar-refractivity contribution in [2.24, 2.45) is 17.3 Å². The first-order valence-corrected chi connectivity index (χ1v) is 10.6. The highest BCUT2D eigenvalue weighted by molar-refractivity contribution is 7.21. The van der Waals surface area contributed by atoms with Gasteiger partial charge in [0.25, 0.3) is 0 Å². The summed E-state index contributed by atoms with van der Waals surface area (Å²) in [7, 11) is 2.01. The average molecular weight is 403 g/mol. The van der Waals surface area contributed by atoms with Crippen molar-refractivity contribution in [1.29, 1.82) is 0 Å². The third-order valence-corrected chi connectivity index (χ3v) is 5.93. The van der Waals surface area contributed by atoms with Gasteiger partial charge in [0.2, 0.25) is 0 Å². The molecule has 0 bridgehead atoms. The first-order valence-electron chi connectivity index (χ1n) is 9.79. The second-order valence-corrected chi connectivity index (χ2v) is 7.85. The van der Waals surface area contributed by atoms with Crippen molar-refractivity contribution in [1.82, 2.24) is 4.98 Å². The van der Waals surface area contributed by atoms with Gasteiger partial charge in [0, 0.05) is 30.4 Å². The van der Waals surface area contributed by atoms with E-state index >= 15 is 0 Å². The van der Waals surface area contributed by atoms with Gasteiger partial charge in [-0.25, -0.2) is 9.55 Å². The number of benzene rings is 2. The second-order valence-electron chi connectivity index (χ2n) is 6.81. The van der Waals surface area contributed by atoms with E-state index in [-0.39, 0.29) is 0 Å². The molecule has 0 spiro atoms. The lowest BCUT2D eigenvalue weighted by molar-refractivity contribution is -0.670. The fourth-order valence-corrected chi connectivity index (χ4v) is 4.14. The number of anilines is 1. The lowest BCUT2D eigenvalue weighted by atomic mass is 10.2. The number of aromatic nitrogens is 2. The van der Waals surface area contributed by atoms with Crippen LogP contribution >= 0.6 is 11.3 Å². The van der Waals surface area contributed by atoms with E-state index in [0.29, 0.717) is 0 Å². The summed E-state index contributed by atoms with van der Waals surface area (Å²) in [5, 5.41) is 9.75. The van der Waals surface area contributed by atoms with Gasteiger partial charge < -0.3 is 4.90 Å². The Bertz CT molecular complexity index is 1130. The highest BCUT2D eigenvalue weighted by Crippen LogP contribution is 2.31. The van der Waals surface area contributed by atoms with Crippen LogP contribution in [-0.4, -0.2) is 18.1 Å². The molecule has 6 heteroatoms. The summed E-state index contributed by atoms with van der Waals surface area (Å²) in [4.78, 5) is 7.05. The molecule has 0 amide bonds. The number of thiazole rings is 1. The summed E-state index contributed by atoms with van der Waals surface area (Å²) < 4.78 is 3.21. The van der Waals surface area contributed by atoms with Gasteiger partial charge in [-0.2, -0.15) is 10.2 Å². The fourth-order valence-electron chi connectivity index (χ4n) is 3.21. The lowest BCUT2D eigenvalue weighted by Crippen LogP contribution is -2.25. The van der Waals surface area contributed by atoms with Gasteiger partial charge in [-0.15, -0.1) is 11.3 Å². The minimum atomic E-state index is 0.828. The van der Waals surface area contributed by atoms with E-state index in [1.807, 2.05) is 48.3 Å². The van der Waals surface area contributed by atoms with Gasteiger partial charge in [-0.1, -0.05) is 0 Å². The zero-order valence-corrected chi connectivity index (χ0v) is 17.7. The van der Waals surface area contributed by atoms with Gasteiger partial charge in [0.05, 0.1) is 16.1 Å². The number of nitrogens with zero attached hydrogens (tertiary/aromatic N) is 5.